The second kappa shape index (κ2) is 7.47. The molecule has 3 nitrogen and oxygen atoms in total. The van der Waals surface area contributed by atoms with E-state index in [0.717, 1.165) is 26.0 Å². The molecule has 0 aliphatic carbocycles. The van der Waals surface area contributed by atoms with Gasteiger partial charge in [-0.2, -0.15) is 0 Å². The lowest BCUT2D eigenvalue weighted by atomic mass is 10.1. The Morgan fingerprint density at radius 3 is 2.88 bits per heavy atom. The number of rotatable bonds is 8. The van der Waals surface area contributed by atoms with E-state index in [-0.39, 0.29) is 0 Å². The van der Waals surface area contributed by atoms with Crippen molar-refractivity contribution in [3.8, 4) is 0 Å². The summed E-state index contributed by atoms with van der Waals surface area (Å²) in [7, 11) is 3.77. The van der Waals surface area contributed by atoms with Gasteiger partial charge in [0, 0.05) is 38.7 Å². The Morgan fingerprint density at radius 1 is 1.44 bits per heavy atom. The van der Waals surface area contributed by atoms with E-state index in [1.165, 1.54) is 12.0 Å². The Morgan fingerprint density at radius 2 is 2.25 bits per heavy atom. The number of unbranched alkanes of at least 4 members (excludes halogenated alkanes) is 1. The molecule has 0 bridgehead atoms. The van der Waals surface area contributed by atoms with Gasteiger partial charge in [-0.25, -0.2) is 0 Å². The molecule has 1 heterocycles. The smallest absolute Gasteiger partial charge is 0.0462 e. The summed E-state index contributed by atoms with van der Waals surface area (Å²) in [5, 5.41) is 3.32. The third-order valence-corrected chi connectivity index (χ3v) is 2.95. The number of hydrogen-bond acceptors (Lipinski definition) is 2. The van der Waals surface area contributed by atoms with Gasteiger partial charge in [-0.1, -0.05) is 6.92 Å². The molecular weight excluding hydrogens is 200 g/mol. The van der Waals surface area contributed by atoms with E-state index in [2.05, 4.69) is 35.3 Å². The van der Waals surface area contributed by atoms with Gasteiger partial charge in [0.05, 0.1) is 0 Å². The van der Waals surface area contributed by atoms with Gasteiger partial charge in [-0.3, -0.25) is 0 Å². The van der Waals surface area contributed by atoms with Gasteiger partial charge in [0.1, 0.15) is 0 Å². The molecule has 1 aromatic heterocycles. The van der Waals surface area contributed by atoms with Crippen LogP contribution in [-0.2, 0) is 11.3 Å². The maximum absolute atomic E-state index is 5.04. The fraction of sp³-hybridized carbons (Fsp3) is 0.692. The van der Waals surface area contributed by atoms with E-state index in [1.807, 2.05) is 7.05 Å². The standard InChI is InChI=1S/C13H24N2O/c1-4-13(14-2)12-7-9-15(11-12)8-5-6-10-16-3/h7,9,11,13-14H,4-6,8,10H2,1-3H3. The highest BCUT2D eigenvalue weighted by molar-refractivity contribution is 5.15. The van der Waals surface area contributed by atoms with Crippen molar-refractivity contribution >= 4 is 0 Å². The average molecular weight is 224 g/mol. The molecular formula is C13H24N2O. The molecule has 0 aliphatic heterocycles. The van der Waals surface area contributed by atoms with Crippen molar-refractivity contribution in [2.75, 3.05) is 20.8 Å². The Kier molecular flexibility index (Phi) is 6.19. The quantitative estimate of drug-likeness (QED) is 0.687. The van der Waals surface area contributed by atoms with Gasteiger partial charge in [-0.05, 0) is 37.9 Å². The molecule has 1 atom stereocenters. The number of hydrogen-bond donors (Lipinski definition) is 1. The molecule has 0 fully saturated rings. The first kappa shape index (κ1) is 13.3. The van der Waals surface area contributed by atoms with Gasteiger partial charge < -0.3 is 14.6 Å². The average Bonchev–Trinajstić information content (AvgIpc) is 2.75. The number of aromatic nitrogens is 1. The normalized spacial score (nSPS) is 12.9. The van der Waals surface area contributed by atoms with Crippen molar-refractivity contribution in [2.24, 2.45) is 0 Å². The minimum atomic E-state index is 0.486. The second-order valence-electron chi connectivity index (χ2n) is 4.13. The number of nitrogens with one attached hydrogen (secondary N) is 1. The molecule has 1 unspecified atom stereocenters. The summed E-state index contributed by atoms with van der Waals surface area (Å²) in [6.07, 6.45) is 7.86. The minimum Gasteiger partial charge on any atom is -0.385 e. The molecule has 0 spiro atoms. The van der Waals surface area contributed by atoms with E-state index in [0.29, 0.717) is 6.04 Å². The van der Waals surface area contributed by atoms with Crippen LogP contribution in [0.1, 0.15) is 37.8 Å². The Bertz CT molecular complexity index is 279. The Labute approximate surface area is 98.8 Å². The summed E-state index contributed by atoms with van der Waals surface area (Å²) in [6.45, 7) is 4.16. The third kappa shape index (κ3) is 3.99. The van der Waals surface area contributed by atoms with Crippen LogP contribution in [0.15, 0.2) is 18.5 Å². The number of aryl methyl sites for hydroxylation is 1. The molecule has 1 N–H and O–H groups in total. The Hall–Kier alpha value is -0.800. The number of ether oxygens (including phenoxy) is 1. The molecule has 0 saturated carbocycles. The first-order valence-electron chi connectivity index (χ1n) is 6.13. The van der Waals surface area contributed by atoms with Crippen molar-refractivity contribution < 1.29 is 4.74 Å². The van der Waals surface area contributed by atoms with Gasteiger partial charge in [0.25, 0.3) is 0 Å². The topological polar surface area (TPSA) is 26.2 Å². The predicted molar refractivity (Wildman–Crippen MR) is 67.6 cm³/mol. The number of methoxy groups -OCH3 is 1. The molecule has 92 valence electrons. The first-order valence-corrected chi connectivity index (χ1v) is 6.13. The van der Waals surface area contributed by atoms with Crippen LogP contribution >= 0.6 is 0 Å². The van der Waals surface area contributed by atoms with Gasteiger partial charge >= 0.3 is 0 Å². The minimum absolute atomic E-state index is 0.486. The van der Waals surface area contributed by atoms with Crippen molar-refractivity contribution in [1.29, 1.82) is 0 Å². The summed E-state index contributed by atoms with van der Waals surface area (Å²) in [4.78, 5) is 0. The molecule has 0 aliphatic rings. The van der Waals surface area contributed by atoms with E-state index >= 15 is 0 Å². The van der Waals surface area contributed by atoms with Gasteiger partial charge in [-0.15, -0.1) is 0 Å². The summed E-state index contributed by atoms with van der Waals surface area (Å²) in [5.41, 5.74) is 1.39. The fourth-order valence-electron chi connectivity index (χ4n) is 1.95. The largest absolute Gasteiger partial charge is 0.385 e. The molecule has 0 radical (unpaired) electrons. The molecule has 3 heteroatoms. The van der Waals surface area contributed by atoms with Gasteiger partial charge in [0.2, 0.25) is 0 Å². The van der Waals surface area contributed by atoms with Crippen LogP contribution in [0, 0.1) is 0 Å². The predicted octanol–water partition coefficient (Wildman–Crippen LogP) is 2.59. The third-order valence-electron chi connectivity index (χ3n) is 2.95. The first-order chi connectivity index (χ1) is 7.81. The van der Waals surface area contributed by atoms with Crippen LogP contribution in [0.4, 0.5) is 0 Å². The van der Waals surface area contributed by atoms with Crippen LogP contribution in [0.2, 0.25) is 0 Å². The zero-order chi connectivity index (χ0) is 11.8. The summed E-state index contributed by atoms with van der Waals surface area (Å²) in [5.74, 6) is 0. The monoisotopic (exact) mass is 224 g/mol. The molecule has 0 amide bonds. The molecule has 0 saturated heterocycles. The van der Waals surface area contributed by atoms with Crippen molar-refractivity contribution in [3.05, 3.63) is 24.0 Å². The van der Waals surface area contributed by atoms with E-state index in [9.17, 15) is 0 Å². The Balaban J connectivity index is 2.38. The maximum atomic E-state index is 5.04. The van der Waals surface area contributed by atoms with Crippen LogP contribution in [0.3, 0.4) is 0 Å². The second-order valence-corrected chi connectivity index (χ2v) is 4.13. The SMILES string of the molecule is CCC(NC)c1ccn(CCCCOC)c1. The van der Waals surface area contributed by atoms with Crippen molar-refractivity contribution in [1.82, 2.24) is 9.88 Å². The lowest BCUT2D eigenvalue weighted by Gasteiger charge is -2.11. The molecule has 16 heavy (non-hydrogen) atoms. The van der Waals surface area contributed by atoms with Crippen LogP contribution < -0.4 is 5.32 Å². The maximum Gasteiger partial charge on any atom is 0.0462 e. The van der Waals surface area contributed by atoms with E-state index in [1.54, 1.807) is 7.11 Å². The van der Waals surface area contributed by atoms with Crippen LogP contribution in [-0.4, -0.2) is 25.3 Å². The van der Waals surface area contributed by atoms with Crippen LogP contribution in [0.25, 0.3) is 0 Å². The lowest BCUT2D eigenvalue weighted by molar-refractivity contribution is 0.191. The zero-order valence-corrected chi connectivity index (χ0v) is 10.7. The van der Waals surface area contributed by atoms with Gasteiger partial charge in [0.15, 0.2) is 0 Å². The van der Waals surface area contributed by atoms with E-state index in [4.69, 9.17) is 4.74 Å². The molecule has 1 rings (SSSR count). The highest BCUT2D eigenvalue weighted by Gasteiger charge is 2.07. The van der Waals surface area contributed by atoms with Crippen LogP contribution in [0.5, 0.6) is 0 Å². The summed E-state index contributed by atoms with van der Waals surface area (Å²) in [6, 6.07) is 2.70. The van der Waals surface area contributed by atoms with Crippen molar-refractivity contribution in [2.45, 2.75) is 38.8 Å². The number of nitrogens with zero attached hydrogens (tertiary/aromatic N) is 1. The highest BCUT2D eigenvalue weighted by atomic mass is 16.5. The van der Waals surface area contributed by atoms with E-state index < -0.39 is 0 Å². The zero-order valence-electron chi connectivity index (χ0n) is 10.7. The fourth-order valence-corrected chi connectivity index (χ4v) is 1.95. The summed E-state index contributed by atoms with van der Waals surface area (Å²) >= 11 is 0. The summed E-state index contributed by atoms with van der Waals surface area (Å²) < 4.78 is 7.31. The molecule has 1 aromatic rings. The highest BCUT2D eigenvalue weighted by Crippen LogP contribution is 2.16. The lowest BCUT2D eigenvalue weighted by Crippen LogP contribution is -2.14. The van der Waals surface area contributed by atoms with Crippen molar-refractivity contribution in [3.63, 3.8) is 0 Å². The molecule has 0 aromatic carbocycles.